The summed E-state index contributed by atoms with van der Waals surface area (Å²) in [6.07, 6.45) is 0. The molecule has 1 aromatic carbocycles. The molecule has 0 bridgehead atoms. The Morgan fingerprint density at radius 2 is 1.88 bits per heavy atom. The Balaban J connectivity index is 2.33. The first-order valence-electron chi connectivity index (χ1n) is 6.04. The van der Waals surface area contributed by atoms with E-state index in [1.807, 2.05) is 18.2 Å². The molecule has 1 N–H and O–H groups in total. The molecule has 0 aliphatic rings. The summed E-state index contributed by atoms with van der Waals surface area (Å²) < 4.78 is 0. The van der Waals surface area contributed by atoms with Crippen LogP contribution in [0, 0.1) is 0 Å². The molecule has 0 atom stereocenters. The van der Waals surface area contributed by atoms with E-state index >= 15 is 0 Å². The Morgan fingerprint density at radius 1 is 1.18 bits per heavy atom. The number of halogens is 2. The number of hydrogen-bond donors (Lipinski definition) is 1. The van der Waals surface area contributed by atoms with Gasteiger partial charge in [0.25, 0.3) is 0 Å². The molecule has 0 fully saturated rings. The molecule has 0 aromatic heterocycles. The predicted molar refractivity (Wildman–Crippen MR) is 76.0 cm³/mol. The Labute approximate surface area is 114 Å². The summed E-state index contributed by atoms with van der Waals surface area (Å²) in [6, 6.07) is 5.56. The molecular formula is C13H20Cl2N2. The zero-order valence-corrected chi connectivity index (χ0v) is 12.0. The molecule has 4 heteroatoms. The fraction of sp³-hybridized carbons (Fsp3) is 0.538. The van der Waals surface area contributed by atoms with Crippen molar-refractivity contribution in [3.8, 4) is 0 Å². The summed E-state index contributed by atoms with van der Waals surface area (Å²) >= 11 is 12.0. The second kappa shape index (κ2) is 7.93. The van der Waals surface area contributed by atoms with Crippen molar-refractivity contribution in [1.29, 1.82) is 0 Å². The maximum Gasteiger partial charge on any atom is 0.0451 e. The van der Waals surface area contributed by atoms with Crippen molar-refractivity contribution in [3.63, 3.8) is 0 Å². The lowest BCUT2D eigenvalue weighted by atomic mass is 10.2. The molecule has 1 rings (SSSR count). The van der Waals surface area contributed by atoms with Crippen LogP contribution in [-0.2, 0) is 6.54 Å². The number of hydrogen-bond acceptors (Lipinski definition) is 2. The minimum Gasteiger partial charge on any atom is -0.311 e. The molecule has 96 valence electrons. The van der Waals surface area contributed by atoms with Crippen LogP contribution in [0.1, 0.15) is 19.4 Å². The van der Waals surface area contributed by atoms with Gasteiger partial charge in [-0.25, -0.2) is 0 Å². The van der Waals surface area contributed by atoms with Gasteiger partial charge in [0.15, 0.2) is 0 Å². The van der Waals surface area contributed by atoms with E-state index in [1.165, 1.54) is 0 Å². The minimum absolute atomic E-state index is 0.731. The highest BCUT2D eigenvalue weighted by Gasteiger charge is 2.02. The van der Waals surface area contributed by atoms with E-state index in [0.717, 1.165) is 48.3 Å². The molecule has 1 aromatic rings. The Morgan fingerprint density at radius 3 is 2.53 bits per heavy atom. The average molecular weight is 275 g/mol. The van der Waals surface area contributed by atoms with Gasteiger partial charge in [-0.3, -0.25) is 0 Å². The summed E-state index contributed by atoms with van der Waals surface area (Å²) in [6.45, 7) is 9.33. The number of benzene rings is 1. The minimum atomic E-state index is 0.731. The molecule has 0 amide bonds. The van der Waals surface area contributed by atoms with Crippen LogP contribution >= 0.6 is 23.2 Å². The van der Waals surface area contributed by atoms with Crippen LogP contribution in [0.4, 0.5) is 0 Å². The second-order valence-corrected chi connectivity index (χ2v) is 4.78. The van der Waals surface area contributed by atoms with Gasteiger partial charge in [-0.1, -0.05) is 37.0 Å². The van der Waals surface area contributed by atoms with E-state index in [1.54, 1.807) is 0 Å². The van der Waals surface area contributed by atoms with Crippen LogP contribution in [0.2, 0.25) is 10.0 Å². The summed E-state index contributed by atoms with van der Waals surface area (Å²) in [5.74, 6) is 0. The number of likely N-dealkylation sites (N-methyl/N-ethyl adjacent to an activating group) is 1. The number of nitrogens with one attached hydrogen (secondary N) is 1. The van der Waals surface area contributed by atoms with E-state index in [0.29, 0.717) is 0 Å². The Bertz CT molecular complexity index is 338. The number of nitrogens with zero attached hydrogens (tertiary/aromatic N) is 1. The van der Waals surface area contributed by atoms with Gasteiger partial charge in [-0.2, -0.15) is 0 Å². The maximum absolute atomic E-state index is 6.08. The SMILES string of the molecule is CCN(CC)CCNCc1cc(Cl)ccc1Cl. The van der Waals surface area contributed by atoms with Crippen molar-refractivity contribution in [2.75, 3.05) is 26.2 Å². The molecule has 17 heavy (non-hydrogen) atoms. The normalized spacial score (nSPS) is 11.1. The van der Waals surface area contributed by atoms with E-state index in [2.05, 4.69) is 24.1 Å². The predicted octanol–water partition coefficient (Wildman–Crippen LogP) is 3.42. The molecule has 2 nitrogen and oxygen atoms in total. The van der Waals surface area contributed by atoms with E-state index in [4.69, 9.17) is 23.2 Å². The highest BCUT2D eigenvalue weighted by molar-refractivity contribution is 6.33. The lowest BCUT2D eigenvalue weighted by molar-refractivity contribution is 0.302. The van der Waals surface area contributed by atoms with Gasteiger partial charge >= 0.3 is 0 Å². The monoisotopic (exact) mass is 274 g/mol. The van der Waals surface area contributed by atoms with Gasteiger partial charge < -0.3 is 10.2 Å². The van der Waals surface area contributed by atoms with E-state index in [9.17, 15) is 0 Å². The van der Waals surface area contributed by atoms with Crippen LogP contribution < -0.4 is 5.32 Å². The van der Waals surface area contributed by atoms with Crippen LogP contribution in [0.5, 0.6) is 0 Å². The van der Waals surface area contributed by atoms with Crippen molar-refractivity contribution in [2.24, 2.45) is 0 Å². The first-order chi connectivity index (χ1) is 8.17. The Hall–Kier alpha value is -0.280. The molecule has 0 unspecified atom stereocenters. The third-order valence-electron chi connectivity index (χ3n) is 2.82. The molecule has 0 heterocycles. The van der Waals surface area contributed by atoms with Gasteiger partial charge in [0.2, 0.25) is 0 Å². The number of rotatable bonds is 7. The van der Waals surface area contributed by atoms with Crippen molar-refractivity contribution < 1.29 is 0 Å². The third kappa shape index (κ3) is 5.26. The summed E-state index contributed by atoms with van der Waals surface area (Å²) in [5.41, 5.74) is 1.05. The second-order valence-electron chi connectivity index (χ2n) is 3.94. The van der Waals surface area contributed by atoms with Gasteiger partial charge in [-0.15, -0.1) is 0 Å². The highest BCUT2D eigenvalue weighted by Crippen LogP contribution is 2.20. The van der Waals surface area contributed by atoms with Gasteiger partial charge in [0.1, 0.15) is 0 Å². The van der Waals surface area contributed by atoms with Gasteiger partial charge in [0.05, 0.1) is 0 Å². The van der Waals surface area contributed by atoms with Crippen molar-refractivity contribution in [1.82, 2.24) is 10.2 Å². The zero-order chi connectivity index (χ0) is 12.7. The van der Waals surface area contributed by atoms with Crippen LogP contribution in [0.3, 0.4) is 0 Å². The van der Waals surface area contributed by atoms with Gasteiger partial charge in [-0.05, 0) is 36.9 Å². The largest absolute Gasteiger partial charge is 0.311 e. The molecule has 0 spiro atoms. The molecule has 0 aliphatic carbocycles. The third-order valence-corrected chi connectivity index (χ3v) is 3.43. The molecule has 0 saturated carbocycles. The topological polar surface area (TPSA) is 15.3 Å². The maximum atomic E-state index is 6.08. The van der Waals surface area contributed by atoms with Crippen molar-refractivity contribution >= 4 is 23.2 Å². The summed E-state index contributed by atoms with van der Waals surface area (Å²) in [4.78, 5) is 2.38. The molecule has 0 aliphatic heterocycles. The summed E-state index contributed by atoms with van der Waals surface area (Å²) in [7, 11) is 0. The lowest BCUT2D eigenvalue weighted by Gasteiger charge is -2.18. The first-order valence-corrected chi connectivity index (χ1v) is 6.80. The van der Waals surface area contributed by atoms with Crippen molar-refractivity contribution in [2.45, 2.75) is 20.4 Å². The van der Waals surface area contributed by atoms with Crippen LogP contribution in [-0.4, -0.2) is 31.1 Å². The zero-order valence-electron chi connectivity index (χ0n) is 10.5. The van der Waals surface area contributed by atoms with Crippen molar-refractivity contribution in [3.05, 3.63) is 33.8 Å². The van der Waals surface area contributed by atoms with E-state index in [-0.39, 0.29) is 0 Å². The fourth-order valence-electron chi connectivity index (χ4n) is 1.68. The average Bonchev–Trinajstić information content (AvgIpc) is 2.33. The smallest absolute Gasteiger partial charge is 0.0451 e. The molecule has 0 radical (unpaired) electrons. The molecular weight excluding hydrogens is 255 g/mol. The quantitative estimate of drug-likeness (QED) is 0.767. The fourth-order valence-corrected chi connectivity index (χ4v) is 2.06. The highest BCUT2D eigenvalue weighted by atomic mass is 35.5. The first kappa shape index (κ1) is 14.8. The van der Waals surface area contributed by atoms with Crippen LogP contribution in [0.25, 0.3) is 0 Å². The Kier molecular flexibility index (Phi) is 6.90. The van der Waals surface area contributed by atoms with Gasteiger partial charge in [0, 0.05) is 29.7 Å². The lowest BCUT2D eigenvalue weighted by Crippen LogP contribution is -2.31. The van der Waals surface area contributed by atoms with E-state index < -0.39 is 0 Å². The molecule has 0 saturated heterocycles. The summed E-state index contributed by atoms with van der Waals surface area (Å²) in [5, 5.41) is 4.88. The standard InChI is InChI=1S/C13H20Cl2N2/c1-3-17(4-2)8-7-16-10-11-9-12(14)5-6-13(11)15/h5-6,9,16H,3-4,7-8,10H2,1-2H3. The van der Waals surface area contributed by atoms with Crippen LogP contribution in [0.15, 0.2) is 18.2 Å².